The van der Waals surface area contributed by atoms with Gasteiger partial charge in [-0.3, -0.25) is 0 Å². The SMILES string of the molecule is On1cccc1C(F)F. The molecule has 9 heavy (non-hydrogen) atoms. The summed E-state index contributed by atoms with van der Waals surface area (Å²) in [6, 6.07) is 2.51. The second kappa shape index (κ2) is 2.05. The van der Waals surface area contributed by atoms with Gasteiger partial charge in [-0.05, 0) is 12.1 Å². The van der Waals surface area contributed by atoms with Crippen LogP contribution in [0, 0.1) is 0 Å². The maximum atomic E-state index is 11.7. The molecule has 0 spiro atoms. The van der Waals surface area contributed by atoms with Crippen LogP contribution in [0.1, 0.15) is 12.1 Å². The number of alkyl halides is 2. The van der Waals surface area contributed by atoms with Gasteiger partial charge in [0, 0.05) is 6.20 Å². The van der Waals surface area contributed by atoms with E-state index in [2.05, 4.69) is 0 Å². The van der Waals surface area contributed by atoms with E-state index < -0.39 is 6.43 Å². The predicted molar refractivity (Wildman–Crippen MR) is 26.6 cm³/mol. The lowest BCUT2D eigenvalue weighted by Gasteiger charge is -1.96. The summed E-state index contributed by atoms with van der Waals surface area (Å²) in [6.45, 7) is 0. The van der Waals surface area contributed by atoms with E-state index in [0.717, 1.165) is 12.3 Å². The van der Waals surface area contributed by atoms with E-state index in [1.54, 1.807) is 0 Å². The first-order valence-corrected chi connectivity index (χ1v) is 2.36. The molecule has 0 unspecified atom stereocenters. The molecule has 2 nitrogen and oxygen atoms in total. The van der Waals surface area contributed by atoms with Crippen molar-refractivity contribution in [3.63, 3.8) is 0 Å². The van der Waals surface area contributed by atoms with E-state index in [0.29, 0.717) is 4.73 Å². The number of hydrogen-bond donors (Lipinski definition) is 1. The van der Waals surface area contributed by atoms with E-state index in [4.69, 9.17) is 5.21 Å². The highest BCUT2D eigenvalue weighted by Gasteiger charge is 2.10. The molecule has 1 aromatic heterocycles. The van der Waals surface area contributed by atoms with Crippen LogP contribution in [-0.4, -0.2) is 9.94 Å². The Labute approximate surface area is 50.3 Å². The average Bonchev–Trinajstić information content (AvgIpc) is 2.13. The molecule has 1 rings (SSSR count). The Morgan fingerprint density at radius 1 is 1.56 bits per heavy atom. The van der Waals surface area contributed by atoms with Gasteiger partial charge >= 0.3 is 0 Å². The molecule has 0 bridgehead atoms. The van der Waals surface area contributed by atoms with Crippen molar-refractivity contribution in [2.45, 2.75) is 6.43 Å². The van der Waals surface area contributed by atoms with Gasteiger partial charge in [-0.1, -0.05) is 0 Å². The van der Waals surface area contributed by atoms with Gasteiger partial charge in [-0.25, -0.2) is 8.78 Å². The van der Waals surface area contributed by atoms with Crippen LogP contribution < -0.4 is 0 Å². The van der Waals surface area contributed by atoms with Crippen LogP contribution in [0.15, 0.2) is 18.3 Å². The molecule has 1 aromatic rings. The Morgan fingerprint density at radius 3 is 2.44 bits per heavy atom. The van der Waals surface area contributed by atoms with Crippen LogP contribution in [0.5, 0.6) is 0 Å². The Hall–Kier alpha value is -1.06. The summed E-state index contributed by atoms with van der Waals surface area (Å²) in [5.41, 5.74) is -0.380. The summed E-state index contributed by atoms with van der Waals surface area (Å²) in [6.07, 6.45) is -1.45. The van der Waals surface area contributed by atoms with Gasteiger partial charge in [0.2, 0.25) is 0 Å². The normalized spacial score (nSPS) is 10.6. The molecule has 4 heteroatoms. The van der Waals surface area contributed by atoms with Crippen LogP contribution in [0.4, 0.5) is 8.78 Å². The second-order valence-electron chi connectivity index (χ2n) is 1.58. The minimum absolute atomic E-state index is 0.380. The third-order valence-electron chi connectivity index (χ3n) is 0.982. The highest BCUT2D eigenvalue weighted by molar-refractivity contribution is 5.05. The summed E-state index contributed by atoms with van der Waals surface area (Å²) in [5.74, 6) is 0. The summed E-state index contributed by atoms with van der Waals surface area (Å²) >= 11 is 0. The third-order valence-corrected chi connectivity index (χ3v) is 0.982. The topological polar surface area (TPSA) is 25.2 Å². The van der Waals surface area contributed by atoms with Gasteiger partial charge in [0.15, 0.2) is 0 Å². The highest BCUT2D eigenvalue weighted by Crippen LogP contribution is 2.16. The van der Waals surface area contributed by atoms with E-state index in [-0.39, 0.29) is 5.69 Å². The zero-order valence-electron chi connectivity index (χ0n) is 4.46. The number of hydrogen-bond acceptors (Lipinski definition) is 1. The standard InChI is InChI=1S/C5H5F2NO/c6-5(7)4-2-1-3-8(4)9/h1-3,5,9H. The fourth-order valence-corrected chi connectivity index (χ4v) is 0.558. The predicted octanol–water partition coefficient (Wildman–Crippen LogP) is 1.66. The zero-order valence-corrected chi connectivity index (χ0v) is 4.46. The van der Waals surface area contributed by atoms with Gasteiger partial charge in [-0.2, -0.15) is 4.73 Å². The number of halogens is 2. The molecular weight excluding hydrogens is 128 g/mol. The lowest BCUT2D eigenvalue weighted by atomic mass is 10.5. The van der Waals surface area contributed by atoms with Crippen molar-refractivity contribution in [3.05, 3.63) is 24.0 Å². The van der Waals surface area contributed by atoms with Crippen LogP contribution in [0.25, 0.3) is 0 Å². The summed E-state index contributed by atoms with van der Waals surface area (Å²) < 4.78 is 23.8. The first-order chi connectivity index (χ1) is 4.22. The molecule has 1 heterocycles. The maximum absolute atomic E-state index is 11.7. The fraction of sp³-hybridized carbons (Fsp3) is 0.200. The Balaban J connectivity index is 2.94. The first kappa shape index (κ1) is 6.07. The number of rotatable bonds is 1. The minimum atomic E-state index is -2.61. The van der Waals surface area contributed by atoms with Crippen molar-refractivity contribution in [2.24, 2.45) is 0 Å². The fourth-order valence-electron chi connectivity index (χ4n) is 0.558. The Morgan fingerprint density at radius 2 is 2.22 bits per heavy atom. The largest absolute Gasteiger partial charge is 0.429 e. The molecule has 0 atom stereocenters. The summed E-state index contributed by atoms with van der Waals surface area (Å²) in [5, 5.41) is 8.56. The van der Waals surface area contributed by atoms with Gasteiger partial charge in [0.05, 0.1) is 0 Å². The summed E-state index contributed by atoms with van der Waals surface area (Å²) in [7, 11) is 0. The number of nitrogens with zero attached hydrogens (tertiary/aromatic N) is 1. The first-order valence-electron chi connectivity index (χ1n) is 2.36. The van der Waals surface area contributed by atoms with E-state index in [9.17, 15) is 8.78 Å². The molecule has 1 N–H and O–H groups in total. The lowest BCUT2D eigenvalue weighted by molar-refractivity contribution is 0.0961. The third kappa shape index (κ3) is 1.01. The Kier molecular flexibility index (Phi) is 1.38. The van der Waals surface area contributed by atoms with Crippen molar-refractivity contribution >= 4 is 0 Å². The number of aromatic nitrogens is 1. The van der Waals surface area contributed by atoms with E-state index in [1.807, 2.05) is 0 Å². The molecule has 0 aromatic carbocycles. The molecule has 0 radical (unpaired) electrons. The maximum Gasteiger partial charge on any atom is 0.281 e. The molecule has 0 aliphatic heterocycles. The zero-order chi connectivity index (χ0) is 6.85. The quantitative estimate of drug-likeness (QED) is 0.579. The molecule has 0 aliphatic rings. The Bertz CT molecular complexity index is 197. The molecule has 50 valence electrons. The lowest BCUT2D eigenvalue weighted by Crippen LogP contribution is -1.95. The molecular formula is C5H5F2NO. The van der Waals surface area contributed by atoms with E-state index in [1.165, 1.54) is 6.07 Å². The molecule has 0 saturated carbocycles. The van der Waals surface area contributed by atoms with Crippen molar-refractivity contribution in [1.82, 2.24) is 4.73 Å². The monoisotopic (exact) mass is 133 g/mol. The van der Waals surface area contributed by atoms with Gasteiger partial charge < -0.3 is 5.21 Å². The molecule has 0 fully saturated rings. The van der Waals surface area contributed by atoms with Crippen LogP contribution in [0.2, 0.25) is 0 Å². The highest BCUT2D eigenvalue weighted by atomic mass is 19.3. The minimum Gasteiger partial charge on any atom is -0.429 e. The molecule has 0 saturated heterocycles. The van der Waals surface area contributed by atoms with Gasteiger partial charge in [0.25, 0.3) is 6.43 Å². The summed E-state index contributed by atoms with van der Waals surface area (Å²) in [4.78, 5) is 0. The van der Waals surface area contributed by atoms with Crippen molar-refractivity contribution < 1.29 is 14.0 Å². The van der Waals surface area contributed by atoms with Crippen molar-refractivity contribution in [1.29, 1.82) is 0 Å². The smallest absolute Gasteiger partial charge is 0.281 e. The molecule has 0 amide bonds. The van der Waals surface area contributed by atoms with Crippen LogP contribution in [-0.2, 0) is 0 Å². The van der Waals surface area contributed by atoms with Crippen LogP contribution in [0.3, 0.4) is 0 Å². The second-order valence-corrected chi connectivity index (χ2v) is 1.58. The average molecular weight is 133 g/mol. The van der Waals surface area contributed by atoms with E-state index >= 15 is 0 Å². The van der Waals surface area contributed by atoms with Gasteiger partial charge in [0.1, 0.15) is 5.69 Å². The van der Waals surface area contributed by atoms with Gasteiger partial charge in [-0.15, -0.1) is 0 Å². The van der Waals surface area contributed by atoms with Crippen LogP contribution >= 0.6 is 0 Å². The molecule has 0 aliphatic carbocycles. The van der Waals surface area contributed by atoms with Crippen molar-refractivity contribution in [3.8, 4) is 0 Å². The van der Waals surface area contributed by atoms with Crippen molar-refractivity contribution in [2.75, 3.05) is 0 Å².